The van der Waals surface area contributed by atoms with Gasteiger partial charge in [-0.2, -0.15) is 0 Å². The molecule has 0 aliphatic carbocycles. The fourth-order valence-corrected chi connectivity index (χ4v) is 4.26. The summed E-state index contributed by atoms with van der Waals surface area (Å²) in [6, 6.07) is 3.45. The van der Waals surface area contributed by atoms with E-state index in [1.54, 1.807) is 12.4 Å². The molecule has 8 heteroatoms. The van der Waals surface area contributed by atoms with Crippen molar-refractivity contribution in [3.63, 3.8) is 0 Å². The van der Waals surface area contributed by atoms with Gasteiger partial charge in [-0.3, -0.25) is 14.7 Å². The van der Waals surface area contributed by atoms with Gasteiger partial charge in [0.15, 0.2) is 6.29 Å². The molecule has 4 rings (SSSR count). The number of carbonyl (C=O) groups excluding carboxylic acids is 1. The fourth-order valence-electron chi connectivity index (χ4n) is 4.26. The number of nitrogens with two attached hydrogens (primary N) is 1. The zero-order valence-electron chi connectivity index (χ0n) is 14.7. The maximum absolute atomic E-state index is 11.4. The molecule has 26 heavy (non-hydrogen) atoms. The number of ether oxygens (including phenoxy) is 2. The van der Waals surface area contributed by atoms with Crippen LogP contribution in [-0.4, -0.2) is 71.2 Å². The lowest BCUT2D eigenvalue weighted by Crippen LogP contribution is -2.65. The van der Waals surface area contributed by atoms with Gasteiger partial charge < -0.3 is 25.6 Å². The Morgan fingerprint density at radius 3 is 2.77 bits per heavy atom. The molecule has 3 saturated heterocycles. The summed E-state index contributed by atoms with van der Waals surface area (Å²) >= 11 is 0. The molecule has 3 aliphatic heterocycles. The van der Waals surface area contributed by atoms with Crippen LogP contribution in [0.4, 0.5) is 0 Å². The molecule has 8 nitrogen and oxygen atoms in total. The van der Waals surface area contributed by atoms with Crippen molar-refractivity contribution in [2.75, 3.05) is 19.7 Å². The van der Waals surface area contributed by atoms with E-state index < -0.39 is 12.4 Å². The van der Waals surface area contributed by atoms with Crippen LogP contribution in [0, 0.1) is 5.92 Å². The molecule has 2 bridgehead atoms. The number of carbonyl (C=O) groups is 1. The number of pyridine rings is 1. The van der Waals surface area contributed by atoms with Crippen molar-refractivity contribution in [2.24, 2.45) is 11.7 Å². The number of nitrogens with one attached hydrogen (secondary N) is 1. The molecule has 0 aromatic carbocycles. The molecular weight excluding hydrogens is 336 g/mol. The Kier molecular flexibility index (Phi) is 5.19. The Morgan fingerprint density at radius 1 is 1.35 bits per heavy atom. The van der Waals surface area contributed by atoms with Crippen molar-refractivity contribution in [3.05, 3.63) is 30.1 Å². The first kappa shape index (κ1) is 17.8. The number of hydrogen-bond donors (Lipinski definition) is 3. The van der Waals surface area contributed by atoms with Crippen LogP contribution in [0.1, 0.15) is 18.4 Å². The minimum atomic E-state index is -0.604. The maximum atomic E-state index is 11.4. The predicted molar refractivity (Wildman–Crippen MR) is 92.8 cm³/mol. The molecule has 1 aromatic heterocycles. The van der Waals surface area contributed by atoms with E-state index in [9.17, 15) is 9.90 Å². The van der Waals surface area contributed by atoms with Crippen LogP contribution in [0.2, 0.25) is 0 Å². The van der Waals surface area contributed by atoms with Gasteiger partial charge in [-0.15, -0.1) is 0 Å². The first-order valence-corrected chi connectivity index (χ1v) is 9.24. The van der Waals surface area contributed by atoms with Crippen LogP contribution >= 0.6 is 0 Å². The van der Waals surface area contributed by atoms with Gasteiger partial charge in [-0.05, 0) is 43.6 Å². The summed E-state index contributed by atoms with van der Waals surface area (Å²) in [6.45, 7) is 2.52. The number of aliphatic hydroxyl groups excluding tert-OH is 1. The van der Waals surface area contributed by atoms with Crippen LogP contribution < -0.4 is 11.1 Å². The number of hydrogen-bond acceptors (Lipinski definition) is 7. The van der Waals surface area contributed by atoms with Gasteiger partial charge in [0.1, 0.15) is 6.10 Å². The highest BCUT2D eigenvalue weighted by atomic mass is 16.7. The smallest absolute Gasteiger partial charge is 0.220 e. The topological polar surface area (TPSA) is 110 Å². The highest BCUT2D eigenvalue weighted by Gasteiger charge is 2.52. The summed E-state index contributed by atoms with van der Waals surface area (Å²) in [6.07, 6.45) is 3.76. The molecule has 0 unspecified atom stereocenters. The van der Waals surface area contributed by atoms with Crippen LogP contribution in [-0.2, 0) is 20.8 Å². The zero-order chi connectivity index (χ0) is 18.1. The molecule has 4 heterocycles. The van der Waals surface area contributed by atoms with Gasteiger partial charge >= 0.3 is 0 Å². The second kappa shape index (κ2) is 7.58. The van der Waals surface area contributed by atoms with E-state index in [1.165, 1.54) is 0 Å². The second-order valence-corrected chi connectivity index (χ2v) is 7.33. The third kappa shape index (κ3) is 3.47. The van der Waals surface area contributed by atoms with Crippen LogP contribution in [0.15, 0.2) is 24.5 Å². The van der Waals surface area contributed by atoms with E-state index in [0.717, 1.165) is 5.56 Å². The van der Waals surface area contributed by atoms with E-state index in [1.807, 2.05) is 12.1 Å². The van der Waals surface area contributed by atoms with Crippen LogP contribution in [0.5, 0.6) is 0 Å². The largest absolute Gasteiger partial charge is 0.390 e. The van der Waals surface area contributed by atoms with Gasteiger partial charge in [0.05, 0.1) is 24.8 Å². The second-order valence-electron chi connectivity index (χ2n) is 7.33. The summed E-state index contributed by atoms with van der Waals surface area (Å²) in [5.41, 5.74) is 6.53. The van der Waals surface area contributed by atoms with Crippen molar-refractivity contribution >= 4 is 5.91 Å². The molecule has 0 spiro atoms. The highest BCUT2D eigenvalue weighted by molar-refractivity contribution is 5.76. The summed E-state index contributed by atoms with van der Waals surface area (Å²) in [7, 11) is 0. The van der Waals surface area contributed by atoms with E-state index >= 15 is 0 Å². The van der Waals surface area contributed by atoms with Gasteiger partial charge in [0, 0.05) is 24.9 Å². The first-order valence-electron chi connectivity index (χ1n) is 9.24. The first-order chi connectivity index (χ1) is 12.6. The SMILES string of the molecule is NC(=O)C1CCN([C@H]2[C@@H]3OC[C@@H](O3)[C@@H](NCc3ccncc3)[C@@H]2O)CC1. The molecule has 142 valence electrons. The molecule has 1 amide bonds. The number of nitrogens with zero attached hydrogens (tertiary/aromatic N) is 2. The number of amides is 1. The van der Waals surface area contributed by atoms with Gasteiger partial charge in [0.2, 0.25) is 5.91 Å². The summed E-state index contributed by atoms with van der Waals surface area (Å²) < 4.78 is 11.8. The lowest BCUT2D eigenvalue weighted by Gasteiger charge is -2.46. The molecule has 0 radical (unpaired) electrons. The summed E-state index contributed by atoms with van der Waals surface area (Å²) in [5.74, 6) is -0.315. The maximum Gasteiger partial charge on any atom is 0.220 e. The molecular formula is C18H26N4O4. The monoisotopic (exact) mass is 362 g/mol. The fraction of sp³-hybridized carbons (Fsp3) is 0.667. The molecule has 4 N–H and O–H groups in total. The lowest BCUT2D eigenvalue weighted by molar-refractivity contribution is -0.186. The number of likely N-dealkylation sites (tertiary alicyclic amines) is 1. The average Bonchev–Trinajstić information content (AvgIpc) is 3.08. The van der Waals surface area contributed by atoms with E-state index in [-0.39, 0.29) is 30.0 Å². The van der Waals surface area contributed by atoms with E-state index in [4.69, 9.17) is 15.2 Å². The van der Waals surface area contributed by atoms with E-state index in [0.29, 0.717) is 39.1 Å². The number of primary amides is 1. The third-order valence-corrected chi connectivity index (χ3v) is 5.78. The number of aromatic nitrogens is 1. The molecule has 1 aromatic rings. The minimum Gasteiger partial charge on any atom is -0.390 e. The number of fused-ring (bicyclic) bond motifs is 2. The van der Waals surface area contributed by atoms with Gasteiger partial charge in [-0.1, -0.05) is 0 Å². The molecule has 3 aliphatic rings. The Hall–Kier alpha value is -1.58. The highest BCUT2D eigenvalue weighted by Crippen LogP contribution is 2.33. The predicted octanol–water partition coefficient (Wildman–Crippen LogP) is -0.778. The van der Waals surface area contributed by atoms with Crippen molar-refractivity contribution in [3.8, 4) is 0 Å². The lowest BCUT2D eigenvalue weighted by atomic mass is 9.90. The Bertz CT molecular complexity index is 623. The molecule has 5 atom stereocenters. The third-order valence-electron chi connectivity index (χ3n) is 5.78. The number of piperidine rings is 1. The van der Waals surface area contributed by atoms with Crippen molar-refractivity contribution in [2.45, 2.75) is 50.0 Å². The standard InChI is InChI=1S/C18H26N4O4/c19-17(24)12-3-7-22(8-4-12)15-16(23)14(13-10-25-18(15)26-13)21-9-11-1-5-20-6-2-11/h1-2,5-6,12-16,18,21,23H,3-4,7-10H2,(H2,19,24)/t13-,14-,15-,16+,18-/m1/s1. The van der Waals surface area contributed by atoms with Gasteiger partial charge in [0.25, 0.3) is 0 Å². The number of aliphatic hydroxyl groups is 1. The summed E-state index contributed by atoms with van der Waals surface area (Å²) in [5, 5.41) is 14.5. The molecule has 0 saturated carbocycles. The normalized spacial score (nSPS) is 35.5. The number of rotatable bonds is 5. The van der Waals surface area contributed by atoms with Crippen LogP contribution in [0.3, 0.4) is 0 Å². The van der Waals surface area contributed by atoms with E-state index in [2.05, 4.69) is 15.2 Å². The van der Waals surface area contributed by atoms with Crippen molar-refractivity contribution in [1.82, 2.24) is 15.2 Å². The van der Waals surface area contributed by atoms with Crippen molar-refractivity contribution in [1.29, 1.82) is 0 Å². The minimum absolute atomic E-state index is 0.0780. The Labute approximate surface area is 152 Å². The quantitative estimate of drug-likeness (QED) is 0.630. The average molecular weight is 362 g/mol. The zero-order valence-corrected chi connectivity index (χ0v) is 14.7. The Balaban J connectivity index is 1.42. The van der Waals surface area contributed by atoms with Crippen molar-refractivity contribution < 1.29 is 19.4 Å². The Morgan fingerprint density at radius 2 is 2.08 bits per heavy atom. The van der Waals surface area contributed by atoms with Gasteiger partial charge in [-0.25, -0.2) is 0 Å². The van der Waals surface area contributed by atoms with Crippen LogP contribution in [0.25, 0.3) is 0 Å². The summed E-state index contributed by atoms with van der Waals surface area (Å²) in [4.78, 5) is 17.6. The molecule has 3 fully saturated rings.